The molecule has 2 heterocycles. The Morgan fingerprint density at radius 1 is 1.45 bits per heavy atom. The molecular formula is C16H28N2O2. The van der Waals surface area contributed by atoms with E-state index in [0.717, 1.165) is 37.8 Å². The molecule has 1 aliphatic heterocycles. The zero-order valence-electron chi connectivity index (χ0n) is 13.2. The molecule has 1 aliphatic rings. The lowest BCUT2D eigenvalue weighted by Gasteiger charge is -2.19. The maximum atomic E-state index is 5.95. The van der Waals surface area contributed by atoms with Crippen molar-refractivity contribution >= 4 is 0 Å². The van der Waals surface area contributed by atoms with Crippen molar-refractivity contribution in [2.75, 3.05) is 20.2 Å². The minimum absolute atomic E-state index is 0.401. The standard InChI is InChI=1S/C16H28N2O2/c1-12(2)17-9-16-13(3)8-15(20-16)11-18(4)10-14-6-5-7-19-14/h8,12,14,17H,5-7,9-11H2,1-4H3. The van der Waals surface area contributed by atoms with Crippen molar-refractivity contribution in [3.63, 3.8) is 0 Å². The average molecular weight is 280 g/mol. The fourth-order valence-electron chi connectivity index (χ4n) is 2.61. The molecule has 1 atom stereocenters. The first kappa shape index (κ1) is 15.5. The van der Waals surface area contributed by atoms with Crippen molar-refractivity contribution in [3.05, 3.63) is 23.2 Å². The van der Waals surface area contributed by atoms with Crippen LogP contribution in [0.15, 0.2) is 10.5 Å². The number of hydrogen-bond donors (Lipinski definition) is 1. The number of ether oxygens (including phenoxy) is 1. The van der Waals surface area contributed by atoms with Gasteiger partial charge in [-0.05, 0) is 38.4 Å². The molecule has 1 N–H and O–H groups in total. The van der Waals surface area contributed by atoms with E-state index in [4.69, 9.17) is 9.15 Å². The third kappa shape index (κ3) is 4.62. The molecule has 1 aromatic heterocycles. The summed E-state index contributed by atoms with van der Waals surface area (Å²) in [6.45, 7) is 9.97. The Bertz CT molecular complexity index is 409. The van der Waals surface area contributed by atoms with E-state index in [1.807, 2.05) is 0 Å². The average Bonchev–Trinajstić information content (AvgIpc) is 2.97. The Kier molecular flexibility index (Phi) is 5.64. The molecule has 0 aliphatic carbocycles. The lowest BCUT2D eigenvalue weighted by molar-refractivity contribution is 0.0773. The van der Waals surface area contributed by atoms with Crippen LogP contribution in [0, 0.1) is 6.92 Å². The predicted molar refractivity (Wildman–Crippen MR) is 80.7 cm³/mol. The van der Waals surface area contributed by atoms with Gasteiger partial charge in [-0.25, -0.2) is 0 Å². The summed E-state index contributed by atoms with van der Waals surface area (Å²) >= 11 is 0. The summed E-state index contributed by atoms with van der Waals surface area (Å²) in [6, 6.07) is 2.63. The molecule has 20 heavy (non-hydrogen) atoms. The van der Waals surface area contributed by atoms with Crippen molar-refractivity contribution < 1.29 is 9.15 Å². The van der Waals surface area contributed by atoms with E-state index < -0.39 is 0 Å². The lowest BCUT2D eigenvalue weighted by atomic mass is 10.2. The molecule has 4 nitrogen and oxygen atoms in total. The molecule has 1 unspecified atom stereocenters. The zero-order valence-corrected chi connectivity index (χ0v) is 13.2. The first-order valence-corrected chi connectivity index (χ1v) is 7.66. The molecule has 0 amide bonds. The van der Waals surface area contributed by atoms with Crippen LogP contribution < -0.4 is 5.32 Å². The van der Waals surface area contributed by atoms with Gasteiger partial charge in [0.15, 0.2) is 0 Å². The lowest BCUT2D eigenvalue weighted by Crippen LogP contribution is -2.28. The Morgan fingerprint density at radius 3 is 2.90 bits per heavy atom. The second-order valence-corrected chi connectivity index (χ2v) is 6.19. The number of nitrogens with one attached hydrogen (secondary N) is 1. The largest absolute Gasteiger partial charge is 0.463 e. The number of aryl methyl sites for hydroxylation is 1. The highest BCUT2D eigenvalue weighted by molar-refractivity contribution is 5.20. The van der Waals surface area contributed by atoms with Gasteiger partial charge in [-0.15, -0.1) is 0 Å². The van der Waals surface area contributed by atoms with Crippen LogP contribution >= 0.6 is 0 Å². The van der Waals surface area contributed by atoms with Crippen molar-refractivity contribution in [1.82, 2.24) is 10.2 Å². The SMILES string of the molecule is Cc1cc(CN(C)CC2CCCO2)oc1CNC(C)C. The summed E-state index contributed by atoms with van der Waals surface area (Å²) in [7, 11) is 2.13. The summed E-state index contributed by atoms with van der Waals surface area (Å²) in [5, 5.41) is 3.40. The normalized spacial score (nSPS) is 19.4. The van der Waals surface area contributed by atoms with Crippen LogP contribution in [-0.4, -0.2) is 37.2 Å². The Balaban J connectivity index is 1.84. The van der Waals surface area contributed by atoms with Crippen molar-refractivity contribution in [1.29, 1.82) is 0 Å². The second kappa shape index (κ2) is 7.25. The predicted octanol–water partition coefficient (Wildman–Crippen LogP) is 2.70. The van der Waals surface area contributed by atoms with Gasteiger partial charge in [-0.1, -0.05) is 13.8 Å². The smallest absolute Gasteiger partial charge is 0.120 e. The van der Waals surface area contributed by atoms with Crippen LogP contribution in [-0.2, 0) is 17.8 Å². The summed E-state index contributed by atoms with van der Waals surface area (Å²) in [5.74, 6) is 2.10. The van der Waals surface area contributed by atoms with Gasteiger partial charge in [0.05, 0.1) is 19.2 Å². The van der Waals surface area contributed by atoms with E-state index in [9.17, 15) is 0 Å². The van der Waals surface area contributed by atoms with Crippen LogP contribution in [0.25, 0.3) is 0 Å². The second-order valence-electron chi connectivity index (χ2n) is 6.19. The van der Waals surface area contributed by atoms with Crippen LogP contribution in [0.1, 0.15) is 43.8 Å². The molecule has 1 saturated heterocycles. The molecular weight excluding hydrogens is 252 g/mol. The van der Waals surface area contributed by atoms with Crippen molar-refractivity contribution in [2.24, 2.45) is 0 Å². The van der Waals surface area contributed by atoms with Crippen LogP contribution in [0.2, 0.25) is 0 Å². The fraction of sp³-hybridized carbons (Fsp3) is 0.750. The monoisotopic (exact) mass is 280 g/mol. The Hall–Kier alpha value is -0.840. The Morgan fingerprint density at radius 2 is 2.25 bits per heavy atom. The zero-order chi connectivity index (χ0) is 14.5. The number of furan rings is 1. The third-order valence-corrected chi connectivity index (χ3v) is 3.71. The molecule has 0 radical (unpaired) electrons. The van der Waals surface area contributed by atoms with E-state index in [1.54, 1.807) is 0 Å². The van der Waals surface area contributed by atoms with Gasteiger partial charge in [-0.2, -0.15) is 0 Å². The molecule has 0 bridgehead atoms. The maximum Gasteiger partial charge on any atom is 0.120 e. The van der Waals surface area contributed by atoms with Crippen molar-refractivity contribution in [3.8, 4) is 0 Å². The van der Waals surface area contributed by atoms with Crippen LogP contribution in [0.4, 0.5) is 0 Å². The minimum Gasteiger partial charge on any atom is -0.463 e. The summed E-state index contributed by atoms with van der Waals surface area (Å²) in [4.78, 5) is 2.29. The topological polar surface area (TPSA) is 37.6 Å². The molecule has 0 aromatic carbocycles. The molecule has 0 spiro atoms. The van der Waals surface area contributed by atoms with E-state index in [2.05, 4.69) is 44.1 Å². The minimum atomic E-state index is 0.401. The van der Waals surface area contributed by atoms with Gasteiger partial charge in [-0.3, -0.25) is 4.90 Å². The number of hydrogen-bond acceptors (Lipinski definition) is 4. The molecule has 2 rings (SSSR count). The van der Waals surface area contributed by atoms with Gasteiger partial charge >= 0.3 is 0 Å². The van der Waals surface area contributed by atoms with Crippen LogP contribution in [0.5, 0.6) is 0 Å². The maximum absolute atomic E-state index is 5.95. The first-order valence-electron chi connectivity index (χ1n) is 7.66. The quantitative estimate of drug-likeness (QED) is 0.833. The highest BCUT2D eigenvalue weighted by Crippen LogP contribution is 2.18. The van der Waals surface area contributed by atoms with Crippen molar-refractivity contribution in [2.45, 2.75) is 58.8 Å². The highest BCUT2D eigenvalue weighted by atomic mass is 16.5. The fourth-order valence-corrected chi connectivity index (χ4v) is 2.61. The Labute approximate surface area is 122 Å². The summed E-state index contributed by atoms with van der Waals surface area (Å²) in [5.41, 5.74) is 1.23. The molecule has 1 fully saturated rings. The molecule has 114 valence electrons. The van der Waals surface area contributed by atoms with Gasteiger partial charge in [0.1, 0.15) is 11.5 Å². The first-order chi connectivity index (χ1) is 9.54. The number of nitrogens with zero attached hydrogens (tertiary/aromatic N) is 1. The third-order valence-electron chi connectivity index (χ3n) is 3.71. The number of rotatable bonds is 7. The van der Waals surface area contributed by atoms with Gasteiger partial charge in [0.2, 0.25) is 0 Å². The van der Waals surface area contributed by atoms with E-state index >= 15 is 0 Å². The highest BCUT2D eigenvalue weighted by Gasteiger charge is 2.18. The van der Waals surface area contributed by atoms with Crippen LogP contribution in [0.3, 0.4) is 0 Å². The van der Waals surface area contributed by atoms with E-state index in [1.165, 1.54) is 18.4 Å². The summed E-state index contributed by atoms with van der Waals surface area (Å²) in [6.07, 6.45) is 2.78. The molecule has 1 aromatic rings. The van der Waals surface area contributed by atoms with Gasteiger partial charge < -0.3 is 14.5 Å². The molecule has 0 saturated carbocycles. The molecule has 4 heteroatoms. The number of likely N-dealkylation sites (N-methyl/N-ethyl adjacent to an activating group) is 1. The van der Waals surface area contributed by atoms with Gasteiger partial charge in [0.25, 0.3) is 0 Å². The van der Waals surface area contributed by atoms with E-state index in [-0.39, 0.29) is 0 Å². The van der Waals surface area contributed by atoms with E-state index in [0.29, 0.717) is 12.1 Å². The summed E-state index contributed by atoms with van der Waals surface area (Å²) < 4.78 is 11.6. The van der Waals surface area contributed by atoms with Gasteiger partial charge in [0, 0.05) is 19.2 Å².